The standard InChI is InChI=1S/C11H23NO3S/c1-10-4-6-11(7-5-10)12-8-2-3-9-16(13,14)15/h10-12H,2-9H2,1H3,(H,13,14,15). The van der Waals surface area contributed by atoms with Gasteiger partial charge in [0.2, 0.25) is 0 Å². The van der Waals surface area contributed by atoms with E-state index in [1.807, 2.05) is 0 Å². The Hall–Kier alpha value is -0.130. The minimum Gasteiger partial charge on any atom is -0.314 e. The summed E-state index contributed by atoms with van der Waals surface area (Å²) in [5, 5.41) is 3.45. The summed E-state index contributed by atoms with van der Waals surface area (Å²) in [5.74, 6) is 0.744. The van der Waals surface area contributed by atoms with E-state index in [0.29, 0.717) is 12.5 Å². The monoisotopic (exact) mass is 249 g/mol. The minimum absolute atomic E-state index is 0.115. The van der Waals surface area contributed by atoms with Gasteiger partial charge in [-0.25, -0.2) is 0 Å². The van der Waals surface area contributed by atoms with Crippen molar-refractivity contribution in [1.29, 1.82) is 0 Å². The third-order valence-electron chi connectivity index (χ3n) is 3.28. The molecule has 96 valence electrons. The van der Waals surface area contributed by atoms with Crippen molar-refractivity contribution in [3.63, 3.8) is 0 Å². The van der Waals surface area contributed by atoms with Gasteiger partial charge in [-0.05, 0) is 51.0 Å². The molecule has 0 aromatic carbocycles. The van der Waals surface area contributed by atoms with Crippen molar-refractivity contribution in [2.45, 2.75) is 51.5 Å². The van der Waals surface area contributed by atoms with Crippen LogP contribution in [0.4, 0.5) is 0 Å². The zero-order valence-electron chi connectivity index (χ0n) is 9.98. The maximum Gasteiger partial charge on any atom is 0.264 e. The Morgan fingerprint density at radius 2 is 1.81 bits per heavy atom. The summed E-state index contributed by atoms with van der Waals surface area (Å²) in [6, 6.07) is 0.613. The summed E-state index contributed by atoms with van der Waals surface area (Å²) < 4.78 is 29.5. The summed E-state index contributed by atoms with van der Waals surface area (Å²) in [6.07, 6.45) is 6.41. The number of hydrogen-bond donors (Lipinski definition) is 2. The Kier molecular flexibility index (Phi) is 5.72. The van der Waals surface area contributed by atoms with Crippen molar-refractivity contribution >= 4 is 10.1 Å². The summed E-state index contributed by atoms with van der Waals surface area (Å²) >= 11 is 0. The first kappa shape index (κ1) is 13.9. The Labute approximate surface area is 98.6 Å². The van der Waals surface area contributed by atoms with E-state index in [1.165, 1.54) is 25.7 Å². The predicted octanol–water partition coefficient (Wildman–Crippen LogP) is 1.82. The van der Waals surface area contributed by atoms with Crippen LogP contribution in [-0.2, 0) is 10.1 Å². The lowest BCUT2D eigenvalue weighted by molar-refractivity contribution is 0.307. The summed E-state index contributed by atoms with van der Waals surface area (Å²) in [7, 11) is -3.76. The first-order valence-electron chi connectivity index (χ1n) is 6.16. The molecule has 0 saturated heterocycles. The van der Waals surface area contributed by atoms with Gasteiger partial charge in [0.25, 0.3) is 10.1 Å². The van der Waals surface area contributed by atoms with Gasteiger partial charge in [0.15, 0.2) is 0 Å². The molecule has 0 amide bonds. The fraction of sp³-hybridized carbons (Fsp3) is 1.00. The van der Waals surface area contributed by atoms with Gasteiger partial charge >= 0.3 is 0 Å². The summed E-state index contributed by atoms with van der Waals surface area (Å²) in [5.41, 5.74) is 0. The molecule has 0 spiro atoms. The second-order valence-corrected chi connectivity index (χ2v) is 6.48. The molecule has 0 atom stereocenters. The predicted molar refractivity (Wildman–Crippen MR) is 65.1 cm³/mol. The molecule has 1 rings (SSSR count). The van der Waals surface area contributed by atoms with Crippen LogP contribution in [0.15, 0.2) is 0 Å². The fourth-order valence-corrected chi connectivity index (χ4v) is 2.75. The highest BCUT2D eigenvalue weighted by molar-refractivity contribution is 7.85. The van der Waals surface area contributed by atoms with Gasteiger partial charge in [0.1, 0.15) is 0 Å². The molecule has 1 aliphatic carbocycles. The highest BCUT2D eigenvalue weighted by Crippen LogP contribution is 2.23. The van der Waals surface area contributed by atoms with Gasteiger partial charge in [0, 0.05) is 6.04 Å². The number of rotatable bonds is 6. The molecule has 0 aliphatic heterocycles. The number of unbranched alkanes of at least 4 members (excludes halogenated alkanes) is 1. The van der Waals surface area contributed by atoms with E-state index < -0.39 is 10.1 Å². The molecular weight excluding hydrogens is 226 g/mol. The third-order valence-corrected chi connectivity index (χ3v) is 4.08. The molecule has 16 heavy (non-hydrogen) atoms. The smallest absolute Gasteiger partial charge is 0.264 e. The average Bonchev–Trinajstić information content (AvgIpc) is 2.19. The van der Waals surface area contributed by atoms with Crippen molar-refractivity contribution in [1.82, 2.24) is 5.32 Å². The highest BCUT2D eigenvalue weighted by Gasteiger charge is 2.17. The van der Waals surface area contributed by atoms with E-state index in [2.05, 4.69) is 12.2 Å². The van der Waals surface area contributed by atoms with Crippen molar-refractivity contribution in [3.8, 4) is 0 Å². The van der Waals surface area contributed by atoms with Gasteiger partial charge in [-0.1, -0.05) is 6.92 Å². The Balaban J connectivity index is 1.99. The first-order valence-corrected chi connectivity index (χ1v) is 7.77. The van der Waals surface area contributed by atoms with E-state index in [-0.39, 0.29) is 5.75 Å². The highest BCUT2D eigenvalue weighted by atomic mass is 32.2. The lowest BCUT2D eigenvalue weighted by Crippen LogP contribution is -2.33. The van der Waals surface area contributed by atoms with E-state index in [1.54, 1.807) is 0 Å². The van der Waals surface area contributed by atoms with E-state index in [4.69, 9.17) is 4.55 Å². The third kappa shape index (κ3) is 6.45. The van der Waals surface area contributed by atoms with Crippen molar-refractivity contribution in [2.24, 2.45) is 5.92 Å². The Morgan fingerprint density at radius 3 is 2.38 bits per heavy atom. The molecule has 4 nitrogen and oxygen atoms in total. The van der Waals surface area contributed by atoms with E-state index >= 15 is 0 Å². The minimum atomic E-state index is -3.76. The SMILES string of the molecule is CC1CCC(NCCCCS(=O)(=O)O)CC1. The van der Waals surface area contributed by atoms with Crippen molar-refractivity contribution < 1.29 is 13.0 Å². The maximum absolute atomic E-state index is 10.5. The van der Waals surface area contributed by atoms with Crippen molar-refractivity contribution in [3.05, 3.63) is 0 Å². The largest absolute Gasteiger partial charge is 0.314 e. The first-order chi connectivity index (χ1) is 7.47. The molecule has 1 aliphatic rings. The zero-order valence-corrected chi connectivity index (χ0v) is 10.8. The molecule has 5 heteroatoms. The van der Waals surface area contributed by atoms with Crippen LogP contribution in [0.3, 0.4) is 0 Å². The van der Waals surface area contributed by atoms with Crippen LogP contribution in [0.1, 0.15) is 45.4 Å². The van der Waals surface area contributed by atoms with Crippen LogP contribution in [-0.4, -0.2) is 31.3 Å². The normalized spacial score (nSPS) is 26.9. The molecule has 0 aromatic rings. The van der Waals surface area contributed by atoms with Crippen LogP contribution in [0.2, 0.25) is 0 Å². The van der Waals surface area contributed by atoms with Crippen LogP contribution >= 0.6 is 0 Å². The second kappa shape index (κ2) is 6.57. The Bertz CT molecular complexity index is 282. The number of hydrogen-bond acceptors (Lipinski definition) is 3. The molecule has 2 N–H and O–H groups in total. The quantitative estimate of drug-likeness (QED) is 0.556. The van der Waals surface area contributed by atoms with Gasteiger partial charge in [0.05, 0.1) is 5.75 Å². The topological polar surface area (TPSA) is 66.4 Å². The van der Waals surface area contributed by atoms with E-state index in [9.17, 15) is 8.42 Å². The van der Waals surface area contributed by atoms with Crippen LogP contribution in [0.5, 0.6) is 0 Å². The second-order valence-electron chi connectivity index (χ2n) is 4.90. The van der Waals surface area contributed by atoms with Gasteiger partial charge in [-0.3, -0.25) is 4.55 Å². The van der Waals surface area contributed by atoms with Gasteiger partial charge in [-0.15, -0.1) is 0 Å². The van der Waals surface area contributed by atoms with Crippen molar-refractivity contribution in [2.75, 3.05) is 12.3 Å². The lowest BCUT2D eigenvalue weighted by atomic mass is 9.87. The average molecular weight is 249 g/mol. The lowest BCUT2D eigenvalue weighted by Gasteiger charge is -2.27. The maximum atomic E-state index is 10.5. The molecular formula is C11H23NO3S. The van der Waals surface area contributed by atoms with Crippen LogP contribution in [0.25, 0.3) is 0 Å². The molecule has 0 unspecified atom stereocenters. The molecule has 0 radical (unpaired) electrons. The number of nitrogens with one attached hydrogen (secondary N) is 1. The van der Waals surface area contributed by atoms with Gasteiger partial charge in [-0.2, -0.15) is 8.42 Å². The molecule has 0 heterocycles. The zero-order chi connectivity index (χ0) is 12.0. The summed E-state index contributed by atoms with van der Waals surface area (Å²) in [6.45, 7) is 3.15. The fourth-order valence-electron chi connectivity index (χ4n) is 2.18. The van der Waals surface area contributed by atoms with Crippen LogP contribution < -0.4 is 5.32 Å². The Morgan fingerprint density at radius 1 is 1.19 bits per heavy atom. The van der Waals surface area contributed by atoms with Gasteiger partial charge < -0.3 is 5.32 Å². The molecule has 0 bridgehead atoms. The molecule has 1 fully saturated rings. The summed E-state index contributed by atoms with van der Waals surface area (Å²) in [4.78, 5) is 0. The van der Waals surface area contributed by atoms with E-state index in [0.717, 1.165) is 18.9 Å². The molecule has 0 aromatic heterocycles. The van der Waals surface area contributed by atoms with Crippen LogP contribution in [0, 0.1) is 5.92 Å². The molecule has 1 saturated carbocycles.